The number of rotatable bonds is 3. The Morgan fingerprint density at radius 1 is 1.07 bits per heavy atom. The molecule has 8 heteroatoms. The predicted molar refractivity (Wildman–Crippen MR) is 92.0 cm³/mol. The van der Waals surface area contributed by atoms with Crippen molar-refractivity contribution in [3.8, 4) is 5.75 Å². The summed E-state index contributed by atoms with van der Waals surface area (Å²) >= 11 is 0. The molecule has 5 nitrogen and oxygen atoms in total. The van der Waals surface area contributed by atoms with Gasteiger partial charge in [-0.1, -0.05) is 0 Å². The minimum atomic E-state index is -1.20. The molecule has 1 atom stereocenters. The van der Waals surface area contributed by atoms with Gasteiger partial charge in [0.05, 0.1) is 11.4 Å². The molecule has 1 aromatic heterocycles. The second-order valence-electron chi connectivity index (χ2n) is 6.21. The Labute approximate surface area is 151 Å². The van der Waals surface area contributed by atoms with Crippen LogP contribution >= 0.6 is 0 Å². The van der Waals surface area contributed by atoms with E-state index in [0.717, 1.165) is 34.9 Å². The van der Waals surface area contributed by atoms with Gasteiger partial charge in [0.2, 0.25) is 5.91 Å². The van der Waals surface area contributed by atoms with Crippen LogP contribution in [0.5, 0.6) is 5.75 Å². The zero-order valence-corrected chi connectivity index (χ0v) is 14.4. The van der Waals surface area contributed by atoms with Crippen molar-refractivity contribution in [2.45, 2.75) is 19.8 Å². The second-order valence-corrected chi connectivity index (χ2v) is 6.21. The summed E-state index contributed by atoms with van der Waals surface area (Å²) < 4.78 is 41.7. The Morgan fingerprint density at radius 2 is 1.74 bits per heavy atom. The fourth-order valence-corrected chi connectivity index (χ4v) is 3.16. The van der Waals surface area contributed by atoms with Crippen molar-refractivity contribution in [3.63, 3.8) is 0 Å². The third-order valence-electron chi connectivity index (χ3n) is 4.55. The number of primary amides is 1. The van der Waals surface area contributed by atoms with Crippen LogP contribution in [0.4, 0.5) is 13.2 Å². The van der Waals surface area contributed by atoms with Crippen LogP contribution in [0.15, 0.2) is 30.3 Å². The van der Waals surface area contributed by atoms with Gasteiger partial charge in [0.15, 0.2) is 23.2 Å². The first-order valence-corrected chi connectivity index (χ1v) is 7.96. The second kappa shape index (κ2) is 6.46. The molecule has 140 valence electrons. The largest absolute Gasteiger partial charge is 0.505 e. The highest BCUT2D eigenvalue weighted by Gasteiger charge is 2.27. The van der Waals surface area contributed by atoms with E-state index in [-0.39, 0.29) is 22.2 Å². The van der Waals surface area contributed by atoms with Crippen molar-refractivity contribution in [2.24, 2.45) is 5.73 Å². The highest BCUT2D eigenvalue weighted by atomic mass is 19.2. The van der Waals surface area contributed by atoms with Gasteiger partial charge in [0.25, 0.3) is 5.91 Å². The number of carbonyl (C=O) groups is 2. The zero-order valence-electron chi connectivity index (χ0n) is 14.4. The molecule has 0 spiro atoms. The first-order valence-electron chi connectivity index (χ1n) is 7.96. The molecule has 1 heterocycles. The molecule has 3 N–H and O–H groups in total. The number of phenolic OH excluding ortho intramolecular Hbond substituents is 1. The first kappa shape index (κ1) is 18.5. The average Bonchev–Trinajstić information content (AvgIpc) is 2.87. The molecule has 0 saturated carbocycles. The van der Waals surface area contributed by atoms with Gasteiger partial charge in [-0.3, -0.25) is 14.2 Å². The van der Waals surface area contributed by atoms with Crippen molar-refractivity contribution in [1.29, 1.82) is 0 Å². The summed E-state index contributed by atoms with van der Waals surface area (Å²) in [6.45, 7) is 3.03. The minimum Gasteiger partial charge on any atom is -0.505 e. The summed E-state index contributed by atoms with van der Waals surface area (Å²) in [7, 11) is 0. The van der Waals surface area contributed by atoms with E-state index in [0.29, 0.717) is 5.56 Å². The van der Waals surface area contributed by atoms with Crippen LogP contribution in [0, 0.1) is 24.4 Å². The van der Waals surface area contributed by atoms with Gasteiger partial charge in [-0.25, -0.2) is 13.2 Å². The lowest BCUT2D eigenvalue weighted by Gasteiger charge is -2.10. The van der Waals surface area contributed by atoms with E-state index >= 15 is 0 Å². The highest BCUT2D eigenvalue weighted by molar-refractivity contribution is 6.05. The Bertz CT molecular complexity index is 1110. The van der Waals surface area contributed by atoms with E-state index in [4.69, 9.17) is 5.73 Å². The standard InChI is InChI=1S/C19H15F3N2O3/c1-8(18(23)26)17-9(2)24(15-7-14(22)16(25)6-11(15)17)19(27)10-3-4-12(20)13(21)5-10/h3-8,25H,1-2H3,(H2,23,26)/t8-/m1/s1. The fraction of sp³-hybridized carbons (Fsp3) is 0.158. The van der Waals surface area contributed by atoms with Crippen LogP contribution in [-0.2, 0) is 4.79 Å². The summed E-state index contributed by atoms with van der Waals surface area (Å²) in [5, 5.41) is 9.97. The number of nitrogens with two attached hydrogens (primary N) is 1. The van der Waals surface area contributed by atoms with Crippen LogP contribution in [0.1, 0.15) is 34.5 Å². The summed E-state index contributed by atoms with van der Waals surface area (Å²) in [5.41, 5.74) is 5.88. The molecule has 0 saturated heterocycles. The number of phenols is 1. The van der Waals surface area contributed by atoms with Crippen molar-refractivity contribution >= 4 is 22.7 Å². The van der Waals surface area contributed by atoms with E-state index < -0.39 is 40.9 Å². The normalized spacial score (nSPS) is 12.3. The molecule has 3 aromatic rings. The predicted octanol–water partition coefficient (Wildman–Crippen LogP) is 3.35. The molecule has 0 aliphatic carbocycles. The summed E-state index contributed by atoms with van der Waals surface area (Å²) in [4.78, 5) is 24.6. The topological polar surface area (TPSA) is 85.3 Å². The van der Waals surface area contributed by atoms with E-state index in [1.54, 1.807) is 0 Å². The lowest BCUT2D eigenvalue weighted by molar-refractivity contribution is -0.119. The van der Waals surface area contributed by atoms with Gasteiger partial charge in [0, 0.05) is 22.7 Å². The molecule has 2 aromatic carbocycles. The average molecular weight is 376 g/mol. The molecular weight excluding hydrogens is 361 g/mol. The van der Waals surface area contributed by atoms with Gasteiger partial charge in [-0.2, -0.15) is 0 Å². The SMILES string of the molecule is Cc1c([C@@H](C)C(N)=O)c2cc(O)c(F)cc2n1C(=O)c1ccc(F)c(F)c1. The smallest absolute Gasteiger partial charge is 0.262 e. The first-order chi connectivity index (χ1) is 12.6. The van der Waals surface area contributed by atoms with Gasteiger partial charge in [-0.05, 0) is 43.7 Å². The van der Waals surface area contributed by atoms with E-state index in [2.05, 4.69) is 0 Å². The van der Waals surface area contributed by atoms with Gasteiger partial charge in [0.1, 0.15) is 0 Å². The van der Waals surface area contributed by atoms with E-state index in [9.17, 15) is 27.9 Å². The Balaban J connectivity index is 2.33. The monoisotopic (exact) mass is 376 g/mol. The third kappa shape index (κ3) is 2.92. The van der Waals surface area contributed by atoms with Gasteiger partial charge < -0.3 is 10.8 Å². The third-order valence-corrected chi connectivity index (χ3v) is 4.55. The molecule has 1 amide bonds. The molecule has 0 aliphatic rings. The van der Waals surface area contributed by atoms with Crippen molar-refractivity contribution in [2.75, 3.05) is 0 Å². The minimum absolute atomic E-state index is 0.0700. The van der Waals surface area contributed by atoms with Crippen molar-refractivity contribution in [3.05, 3.63) is 64.6 Å². The Morgan fingerprint density at radius 3 is 2.33 bits per heavy atom. The number of hydrogen-bond donors (Lipinski definition) is 2. The number of nitrogens with zero attached hydrogens (tertiary/aromatic N) is 1. The number of fused-ring (bicyclic) bond motifs is 1. The van der Waals surface area contributed by atoms with Crippen LogP contribution in [0.3, 0.4) is 0 Å². The van der Waals surface area contributed by atoms with Crippen molar-refractivity contribution in [1.82, 2.24) is 4.57 Å². The lowest BCUT2D eigenvalue weighted by atomic mass is 9.97. The van der Waals surface area contributed by atoms with E-state index in [1.807, 2.05) is 0 Å². The molecule has 0 unspecified atom stereocenters. The number of benzene rings is 2. The number of halogens is 3. The van der Waals surface area contributed by atoms with Crippen LogP contribution < -0.4 is 5.73 Å². The van der Waals surface area contributed by atoms with Crippen LogP contribution in [-0.4, -0.2) is 21.5 Å². The molecule has 27 heavy (non-hydrogen) atoms. The summed E-state index contributed by atoms with van der Waals surface area (Å²) in [6, 6.07) is 4.67. The maximum absolute atomic E-state index is 13.9. The number of carbonyl (C=O) groups excluding carboxylic acids is 2. The van der Waals surface area contributed by atoms with E-state index in [1.165, 1.54) is 13.8 Å². The number of hydrogen-bond acceptors (Lipinski definition) is 3. The molecular formula is C19H15F3N2O3. The number of aromatic hydroxyl groups is 1. The molecule has 0 fully saturated rings. The quantitative estimate of drug-likeness (QED) is 0.735. The maximum atomic E-state index is 13.9. The Hall–Kier alpha value is -3.29. The Kier molecular flexibility index (Phi) is 4.43. The number of aromatic nitrogens is 1. The van der Waals surface area contributed by atoms with Crippen LogP contribution in [0.2, 0.25) is 0 Å². The lowest BCUT2D eigenvalue weighted by Crippen LogP contribution is -2.20. The number of amides is 1. The highest BCUT2D eigenvalue weighted by Crippen LogP contribution is 2.35. The maximum Gasteiger partial charge on any atom is 0.262 e. The van der Waals surface area contributed by atoms with Crippen LogP contribution in [0.25, 0.3) is 10.9 Å². The fourth-order valence-electron chi connectivity index (χ4n) is 3.16. The molecule has 0 aliphatic heterocycles. The zero-order chi connectivity index (χ0) is 20.0. The van der Waals surface area contributed by atoms with Crippen molar-refractivity contribution < 1.29 is 27.9 Å². The van der Waals surface area contributed by atoms with Gasteiger partial charge >= 0.3 is 0 Å². The molecule has 0 radical (unpaired) electrons. The summed E-state index contributed by atoms with van der Waals surface area (Å²) in [5.74, 6) is -6.21. The molecule has 0 bridgehead atoms. The summed E-state index contributed by atoms with van der Waals surface area (Å²) in [6.07, 6.45) is 0. The van der Waals surface area contributed by atoms with Gasteiger partial charge in [-0.15, -0.1) is 0 Å². The molecule has 3 rings (SSSR count).